The zero-order valence-corrected chi connectivity index (χ0v) is 24.3. The molecule has 0 fully saturated rings. The molecule has 3 aromatic carbocycles. The molecule has 1 aliphatic heterocycles. The van der Waals surface area contributed by atoms with Crippen LogP contribution < -0.4 is 5.32 Å². The van der Waals surface area contributed by atoms with E-state index in [1.54, 1.807) is 52.0 Å². The molecule has 0 radical (unpaired) electrons. The van der Waals surface area contributed by atoms with Gasteiger partial charge in [-0.3, -0.25) is 24.1 Å². The molecule has 1 aliphatic rings. The summed E-state index contributed by atoms with van der Waals surface area (Å²) < 4.78 is 10.7. The fourth-order valence-electron chi connectivity index (χ4n) is 5.07. The maximum absolute atomic E-state index is 15.0. The van der Waals surface area contributed by atoms with Crippen LogP contribution in [0.5, 0.6) is 0 Å². The Hall–Kier alpha value is -4.72. The van der Waals surface area contributed by atoms with Crippen LogP contribution in [0.1, 0.15) is 56.7 Å². The first-order valence-electron chi connectivity index (χ1n) is 13.9. The van der Waals surface area contributed by atoms with Crippen LogP contribution in [0.3, 0.4) is 0 Å². The first-order valence-corrected chi connectivity index (χ1v) is 13.9. The Balaban J connectivity index is 1.95. The number of amides is 2. The van der Waals surface area contributed by atoms with Crippen LogP contribution in [0.2, 0.25) is 0 Å². The number of nitrogens with zero attached hydrogens (tertiary/aromatic N) is 1. The standard InChI is InChI=1S/C34H36N2O6/c1-5-30(38)41-23-29(37)35-34(26-19-13-8-14-20-26)27(24-15-9-6-10-16-24)21-28(25-17-11-7-12-18-25)36(32(34)40)22-31(39)42-33(2,3)4/h6-21,27H,5,22-23H2,1-4H3,(H,35,37)/t27-,34+/m0/s1. The van der Waals surface area contributed by atoms with Crippen molar-refractivity contribution in [3.8, 4) is 0 Å². The quantitative estimate of drug-likeness (QED) is 0.366. The topological polar surface area (TPSA) is 102 Å². The lowest BCUT2D eigenvalue weighted by Gasteiger charge is -2.47. The molecule has 0 saturated heterocycles. The average Bonchev–Trinajstić information content (AvgIpc) is 2.98. The van der Waals surface area contributed by atoms with Crippen LogP contribution in [0, 0.1) is 0 Å². The van der Waals surface area contributed by atoms with Crippen LogP contribution in [0.25, 0.3) is 5.70 Å². The van der Waals surface area contributed by atoms with Gasteiger partial charge in [-0.2, -0.15) is 0 Å². The Morgan fingerprint density at radius 3 is 2.00 bits per heavy atom. The molecule has 8 nitrogen and oxygen atoms in total. The highest BCUT2D eigenvalue weighted by Gasteiger charge is 2.54. The van der Waals surface area contributed by atoms with E-state index in [-0.39, 0.29) is 13.0 Å². The Morgan fingerprint density at radius 1 is 0.857 bits per heavy atom. The van der Waals surface area contributed by atoms with Gasteiger partial charge in [0.2, 0.25) is 0 Å². The van der Waals surface area contributed by atoms with Crippen LogP contribution in [0.15, 0.2) is 97.1 Å². The first kappa shape index (κ1) is 30.2. The summed E-state index contributed by atoms with van der Waals surface area (Å²) in [4.78, 5) is 54.8. The van der Waals surface area contributed by atoms with Gasteiger partial charge in [0, 0.05) is 18.0 Å². The number of carbonyl (C=O) groups is 4. The maximum Gasteiger partial charge on any atom is 0.326 e. The SMILES string of the molecule is CCC(=O)OCC(=O)N[C@@]1(c2ccccc2)C(=O)N(CC(=O)OC(C)(C)C)C(c2ccccc2)=C[C@H]1c1ccccc1. The minimum Gasteiger partial charge on any atom is -0.459 e. The van der Waals surface area contributed by atoms with Crippen molar-refractivity contribution in [1.82, 2.24) is 10.2 Å². The van der Waals surface area contributed by atoms with Crippen molar-refractivity contribution in [2.45, 2.75) is 51.2 Å². The van der Waals surface area contributed by atoms with E-state index in [1.165, 1.54) is 4.90 Å². The van der Waals surface area contributed by atoms with Gasteiger partial charge in [-0.15, -0.1) is 0 Å². The summed E-state index contributed by atoms with van der Waals surface area (Å²) in [5.41, 5.74) is 0.0622. The predicted molar refractivity (Wildman–Crippen MR) is 159 cm³/mol. The molecule has 0 bridgehead atoms. The zero-order valence-electron chi connectivity index (χ0n) is 24.3. The van der Waals surface area contributed by atoms with Crippen molar-refractivity contribution in [2.75, 3.05) is 13.2 Å². The maximum atomic E-state index is 15.0. The molecule has 0 aliphatic carbocycles. The van der Waals surface area contributed by atoms with Crippen LogP contribution in [-0.2, 0) is 34.2 Å². The number of hydrogen-bond acceptors (Lipinski definition) is 6. The molecule has 4 rings (SSSR count). The van der Waals surface area contributed by atoms with Crippen molar-refractivity contribution in [2.24, 2.45) is 0 Å². The summed E-state index contributed by atoms with van der Waals surface area (Å²) in [7, 11) is 0. The second kappa shape index (κ2) is 12.9. The minimum atomic E-state index is -1.68. The summed E-state index contributed by atoms with van der Waals surface area (Å²) in [6, 6.07) is 27.6. The van der Waals surface area contributed by atoms with Gasteiger partial charge in [-0.05, 0) is 43.5 Å². The average molecular weight is 569 g/mol. The molecule has 2 amide bonds. The van der Waals surface area contributed by atoms with Gasteiger partial charge in [0.1, 0.15) is 12.1 Å². The third-order valence-corrected chi connectivity index (χ3v) is 6.82. The third-order valence-electron chi connectivity index (χ3n) is 6.82. The summed E-state index contributed by atoms with van der Waals surface area (Å²) in [6.07, 6.45) is 2.01. The largest absolute Gasteiger partial charge is 0.459 e. The lowest BCUT2D eigenvalue weighted by molar-refractivity contribution is -0.159. The molecule has 0 spiro atoms. The van der Waals surface area contributed by atoms with Gasteiger partial charge in [0.05, 0.1) is 0 Å². The van der Waals surface area contributed by atoms with Gasteiger partial charge >= 0.3 is 11.9 Å². The lowest BCUT2D eigenvalue weighted by atomic mass is 9.70. The number of benzene rings is 3. The molecule has 0 saturated carbocycles. The number of ether oxygens (including phenoxy) is 2. The fraction of sp³-hybridized carbons (Fsp3) is 0.294. The number of hydrogen-bond donors (Lipinski definition) is 1. The lowest BCUT2D eigenvalue weighted by Crippen LogP contribution is -2.63. The zero-order chi connectivity index (χ0) is 30.3. The van der Waals surface area contributed by atoms with Crippen molar-refractivity contribution < 1.29 is 28.7 Å². The molecule has 42 heavy (non-hydrogen) atoms. The third kappa shape index (κ3) is 6.77. The predicted octanol–water partition coefficient (Wildman–Crippen LogP) is 4.96. The second-order valence-electron chi connectivity index (χ2n) is 11.0. The van der Waals surface area contributed by atoms with Crippen molar-refractivity contribution >= 4 is 29.5 Å². The second-order valence-corrected chi connectivity index (χ2v) is 11.0. The molecule has 0 unspecified atom stereocenters. The van der Waals surface area contributed by atoms with Crippen LogP contribution in [-0.4, -0.2) is 47.4 Å². The van der Waals surface area contributed by atoms with Crippen LogP contribution in [0.4, 0.5) is 0 Å². The van der Waals surface area contributed by atoms with Crippen LogP contribution >= 0.6 is 0 Å². The Kier molecular flexibility index (Phi) is 9.25. The smallest absolute Gasteiger partial charge is 0.326 e. The van der Waals surface area contributed by atoms with Crippen molar-refractivity contribution in [3.63, 3.8) is 0 Å². The van der Waals surface area contributed by atoms with E-state index >= 15 is 4.79 Å². The molecule has 218 valence electrons. The fourth-order valence-corrected chi connectivity index (χ4v) is 5.07. The van der Waals surface area contributed by atoms with E-state index in [4.69, 9.17) is 9.47 Å². The van der Waals surface area contributed by atoms with Gasteiger partial charge in [0.25, 0.3) is 11.8 Å². The molecule has 2 atom stereocenters. The van der Waals surface area contributed by atoms with E-state index in [0.717, 1.165) is 11.1 Å². The van der Waals surface area contributed by atoms with E-state index in [2.05, 4.69) is 5.32 Å². The minimum absolute atomic E-state index is 0.107. The highest BCUT2D eigenvalue weighted by Crippen LogP contribution is 2.46. The van der Waals surface area contributed by atoms with Gasteiger partial charge in [0.15, 0.2) is 12.1 Å². The van der Waals surface area contributed by atoms with Gasteiger partial charge < -0.3 is 14.8 Å². The summed E-state index contributed by atoms with van der Waals surface area (Å²) in [5, 5.41) is 2.95. The molecule has 1 heterocycles. The highest BCUT2D eigenvalue weighted by molar-refractivity contribution is 6.03. The van der Waals surface area contributed by atoms with E-state index in [9.17, 15) is 14.4 Å². The Labute approximate surface area is 246 Å². The van der Waals surface area contributed by atoms with Gasteiger partial charge in [-0.25, -0.2) is 0 Å². The van der Waals surface area contributed by atoms with E-state index in [1.807, 2.05) is 72.8 Å². The molecule has 1 N–H and O–H groups in total. The number of rotatable bonds is 9. The number of esters is 2. The summed E-state index contributed by atoms with van der Waals surface area (Å²) in [5.74, 6) is -2.99. The van der Waals surface area contributed by atoms with Crippen molar-refractivity contribution in [1.29, 1.82) is 0 Å². The molecule has 3 aromatic rings. The number of carbonyl (C=O) groups excluding carboxylic acids is 4. The molecule has 8 heteroatoms. The summed E-state index contributed by atoms with van der Waals surface area (Å²) in [6.45, 7) is 5.97. The Bertz CT molecular complexity index is 1450. The summed E-state index contributed by atoms with van der Waals surface area (Å²) >= 11 is 0. The molecular formula is C34H36N2O6. The Morgan fingerprint density at radius 2 is 1.43 bits per heavy atom. The van der Waals surface area contributed by atoms with E-state index in [0.29, 0.717) is 11.3 Å². The van der Waals surface area contributed by atoms with Gasteiger partial charge in [-0.1, -0.05) is 97.9 Å². The number of nitrogens with one attached hydrogen (secondary N) is 1. The van der Waals surface area contributed by atoms with E-state index < -0.39 is 47.4 Å². The monoisotopic (exact) mass is 568 g/mol. The normalized spacial score (nSPS) is 18.6. The first-order chi connectivity index (χ1) is 20.0. The highest BCUT2D eigenvalue weighted by atomic mass is 16.6. The van der Waals surface area contributed by atoms with Crippen molar-refractivity contribution in [3.05, 3.63) is 114 Å². The molecular weight excluding hydrogens is 532 g/mol. The molecule has 0 aromatic heterocycles.